The first-order chi connectivity index (χ1) is 14.6. The van der Waals surface area contributed by atoms with Gasteiger partial charge in [0.2, 0.25) is 0 Å². The number of aryl methyl sites for hydroxylation is 1. The molecule has 2 aliphatic rings. The summed E-state index contributed by atoms with van der Waals surface area (Å²) in [5, 5.41) is 9.16. The molecule has 0 spiro atoms. The Balaban J connectivity index is 1.43. The summed E-state index contributed by atoms with van der Waals surface area (Å²) in [6.07, 6.45) is 1.15. The van der Waals surface area contributed by atoms with E-state index in [2.05, 4.69) is 36.1 Å². The highest BCUT2D eigenvalue weighted by molar-refractivity contribution is 5.66. The average Bonchev–Trinajstić information content (AvgIpc) is 2.75. The second kappa shape index (κ2) is 7.59. The highest BCUT2D eigenvalue weighted by Crippen LogP contribution is 2.36. The third kappa shape index (κ3) is 3.36. The van der Waals surface area contributed by atoms with Crippen LogP contribution in [0.4, 0.5) is 0 Å². The van der Waals surface area contributed by atoms with Gasteiger partial charge in [0.1, 0.15) is 0 Å². The minimum absolute atomic E-state index is 0.145. The second-order valence-corrected chi connectivity index (χ2v) is 8.71. The average molecular weight is 396 g/mol. The zero-order valence-electron chi connectivity index (χ0n) is 17.2. The van der Waals surface area contributed by atoms with Crippen LogP contribution in [0.2, 0.25) is 0 Å². The van der Waals surface area contributed by atoms with Gasteiger partial charge in [0.05, 0.1) is 11.6 Å². The number of benzene rings is 2. The Morgan fingerprint density at radius 1 is 1.00 bits per heavy atom. The van der Waals surface area contributed by atoms with Crippen LogP contribution in [0.15, 0.2) is 65.5 Å². The van der Waals surface area contributed by atoms with Crippen molar-refractivity contribution in [1.29, 1.82) is 5.26 Å². The molecule has 2 aromatic carbocycles. The minimum Gasteiger partial charge on any atom is -0.311 e. The molecule has 2 aliphatic heterocycles. The zero-order valence-corrected chi connectivity index (χ0v) is 17.2. The van der Waals surface area contributed by atoms with Crippen molar-refractivity contribution in [3.8, 4) is 17.2 Å². The van der Waals surface area contributed by atoms with E-state index in [4.69, 9.17) is 5.26 Å². The number of likely N-dealkylation sites (tertiary alicyclic amines) is 1. The van der Waals surface area contributed by atoms with Gasteiger partial charge in [-0.25, -0.2) is 0 Å². The molecule has 5 rings (SSSR count). The number of nitrogens with zero attached hydrogens (tertiary/aromatic N) is 3. The summed E-state index contributed by atoms with van der Waals surface area (Å²) in [4.78, 5) is 15.8. The van der Waals surface area contributed by atoms with E-state index >= 15 is 0 Å². The Labute approximate surface area is 177 Å². The highest BCUT2D eigenvalue weighted by Gasteiger charge is 2.35. The first-order valence-corrected chi connectivity index (χ1v) is 10.6. The Hall–Kier alpha value is -3.16. The zero-order chi connectivity index (χ0) is 20.7. The lowest BCUT2D eigenvalue weighted by molar-refractivity contribution is 0.114. The topological polar surface area (TPSA) is 49.0 Å². The lowest BCUT2D eigenvalue weighted by atomic mass is 9.82. The standard InChI is InChI=1S/C26H25N3O/c1-18-5-2-3-8-23(18)24-9-10-25-22-12-21(16-29(25)26(24)30)15-28(17-22)14-20-7-4-6-19(11-20)13-27/h2-11,21-22H,12,14-17H2,1H3/t21-,22+/m0/s1. The predicted molar refractivity (Wildman–Crippen MR) is 118 cm³/mol. The molecule has 3 aromatic rings. The summed E-state index contributed by atoms with van der Waals surface area (Å²) in [7, 11) is 0. The molecular formula is C26H25N3O. The van der Waals surface area contributed by atoms with Gasteiger partial charge in [0.25, 0.3) is 5.56 Å². The smallest absolute Gasteiger partial charge is 0.258 e. The maximum atomic E-state index is 13.4. The number of rotatable bonds is 3. The molecule has 0 radical (unpaired) electrons. The fraction of sp³-hybridized carbons (Fsp3) is 0.308. The lowest BCUT2D eigenvalue weighted by Gasteiger charge is -2.43. The molecule has 4 nitrogen and oxygen atoms in total. The van der Waals surface area contributed by atoms with Crippen LogP contribution in [0.1, 0.15) is 34.7 Å². The number of pyridine rings is 1. The number of hydrogen-bond acceptors (Lipinski definition) is 3. The van der Waals surface area contributed by atoms with Gasteiger partial charge in [-0.05, 0) is 60.2 Å². The van der Waals surface area contributed by atoms with Crippen molar-refractivity contribution in [3.63, 3.8) is 0 Å². The van der Waals surface area contributed by atoms with Crippen LogP contribution in [0.25, 0.3) is 11.1 Å². The van der Waals surface area contributed by atoms with Crippen LogP contribution in [0.5, 0.6) is 0 Å². The number of fused-ring (bicyclic) bond motifs is 4. The van der Waals surface area contributed by atoms with Crippen molar-refractivity contribution in [2.24, 2.45) is 5.92 Å². The minimum atomic E-state index is 0.145. The summed E-state index contributed by atoms with van der Waals surface area (Å²) in [6.45, 7) is 5.66. The first-order valence-electron chi connectivity index (χ1n) is 10.6. The molecule has 0 unspecified atom stereocenters. The maximum absolute atomic E-state index is 13.4. The van der Waals surface area contributed by atoms with E-state index in [9.17, 15) is 4.79 Å². The molecule has 0 amide bonds. The van der Waals surface area contributed by atoms with Gasteiger partial charge < -0.3 is 4.57 Å². The van der Waals surface area contributed by atoms with Crippen molar-refractivity contribution in [1.82, 2.24) is 9.47 Å². The van der Waals surface area contributed by atoms with Crippen LogP contribution >= 0.6 is 0 Å². The van der Waals surface area contributed by atoms with Crippen molar-refractivity contribution in [3.05, 3.63) is 93.4 Å². The molecule has 1 saturated heterocycles. The molecule has 0 saturated carbocycles. The molecule has 1 aromatic heterocycles. The molecule has 150 valence electrons. The first kappa shape index (κ1) is 18.8. The fourth-order valence-corrected chi connectivity index (χ4v) is 5.25. The number of aromatic nitrogens is 1. The monoisotopic (exact) mass is 395 g/mol. The molecule has 0 aliphatic carbocycles. The third-order valence-corrected chi connectivity index (χ3v) is 6.58. The van der Waals surface area contributed by atoms with Crippen LogP contribution in [-0.2, 0) is 13.1 Å². The Morgan fingerprint density at radius 2 is 1.87 bits per heavy atom. The van der Waals surface area contributed by atoms with Crippen LogP contribution in [-0.4, -0.2) is 22.6 Å². The van der Waals surface area contributed by atoms with Gasteiger partial charge in [-0.3, -0.25) is 9.69 Å². The summed E-state index contributed by atoms with van der Waals surface area (Å²) in [5.41, 5.74) is 6.19. The predicted octanol–water partition coefficient (Wildman–Crippen LogP) is 4.31. The molecule has 2 bridgehead atoms. The van der Waals surface area contributed by atoms with Crippen LogP contribution in [0.3, 0.4) is 0 Å². The van der Waals surface area contributed by atoms with E-state index in [1.54, 1.807) is 0 Å². The van der Waals surface area contributed by atoms with Gasteiger partial charge in [-0.15, -0.1) is 0 Å². The number of piperidine rings is 1. The Morgan fingerprint density at radius 3 is 2.70 bits per heavy atom. The van der Waals surface area contributed by atoms with Crippen molar-refractivity contribution >= 4 is 0 Å². The molecule has 3 heterocycles. The van der Waals surface area contributed by atoms with E-state index in [0.717, 1.165) is 49.3 Å². The maximum Gasteiger partial charge on any atom is 0.258 e. The number of hydrogen-bond donors (Lipinski definition) is 0. The van der Waals surface area contributed by atoms with Gasteiger partial charge in [-0.2, -0.15) is 5.26 Å². The molecule has 1 fully saturated rings. The third-order valence-electron chi connectivity index (χ3n) is 6.58. The molecule has 0 N–H and O–H groups in total. The van der Waals surface area contributed by atoms with Crippen molar-refractivity contribution in [2.45, 2.75) is 32.4 Å². The SMILES string of the molecule is Cc1ccccc1-c1ccc2n(c1=O)C[C@H]1C[C@@H]2CN(Cc2cccc(C#N)c2)C1. The Bertz CT molecular complexity index is 1200. The van der Waals surface area contributed by atoms with Gasteiger partial charge in [0, 0.05) is 43.4 Å². The van der Waals surface area contributed by atoms with Gasteiger partial charge >= 0.3 is 0 Å². The van der Waals surface area contributed by atoms with E-state index in [1.807, 2.05) is 47.0 Å². The van der Waals surface area contributed by atoms with Crippen molar-refractivity contribution in [2.75, 3.05) is 13.1 Å². The van der Waals surface area contributed by atoms with E-state index in [1.165, 1.54) is 11.3 Å². The van der Waals surface area contributed by atoms with E-state index in [-0.39, 0.29) is 5.56 Å². The summed E-state index contributed by atoms with van der Waals surface area (Å²) in [5.74, 6) is 0.871. The summed E-state index contributed by atoms with van der Waals surface area (Å²) >= 11 is 0. The molecule has 4 heteroatoms. The van der Waals surface area contributed by atoms with Gasteiger partial charge in [-0.1, -0.05) is 36.4 Å². The highest BCUT2D eigenvalue weighted by atomic mass is 16.1. The summed E-state index contributed by atoms with van der Waals surface area (Å²) in [6, 6.07) is 22.4. The molecular weight excluding hydrogens is 370 g/mol. The van der Waals surface area contributed by atoms with E-state index in [0.29, 0.717) is 17.4 Å². The van der Waals surface area contributed by atoms with Crippen molar-refractivity contribution < 1.29 is 0 Å². The quantitative estimate of drug-likeness (QED) is 0.664. The van der Waals surface area contributed by atoms with Gasteiger partial charge in [0.15, 0.2) is 0 Å². The largest absolute Gasteiger partial charge is 0.311 e. The lowest BCUT2D eigenvalue weighted by Crippen LogP contribution is -2.46. The summed E-state index contributed by atoms with van der Waals surface area (Å²) < 4.78 is 2.04. The number of nitriles is 1. The molecule has 2 atom stereocenters. The molecule has 30 heavy (non-hydrogen) atoms. The Kier molecular flexibility index (Phi) is 4.77. The normalized spacial score (nSPS) is 20.4. The van der Waals surface area contributed by atoms with E-state index < -0.39 is 0 Å². The fourth-order valence-electron chi connectivity index (χ4n) is 5.25. The van der Waals surface area contributed by atoms with Crippen LogP contribution < -0.4 is 5.56 Å². The second-order valence-electron chi connectivity index (χ2n) is 8.71. The van der Waals surface area contributed by atoms with Crippen LogP contribution in [0, 0.1) is 24.2 Å².